The summed E-state index contributed by atoms with van der Waals surface area (Å²) < 4.78 is 0. The molecule has 0 bridgehead atoms. The van der Waals surface area contributed by atoms with Gasteiger partial charge in [0.2, 0.25) is 0 Å². The molecular formula is C10H22N2. The van der Waals surface area contributed by atoms with Crippen LogP contribution in [0, 0.1) is 0 Å². The van der Waals surface area contributed by atoms with Crippen LogP contribution < -0.4 is 10.6 Å². The van der Waals surface area contributed by atoms with Gasteiger partial charge in [0.05, 0.1) is 0 Å². The van der Waals surface area contributed by atoms with Gasteiger partial charge in [-0.15, -0.1) is 0 Å². The lowest BCUT2D eigenvalue weighted by Crippen LogP contribution is -2.40. The lowest BCUT2D eigenvalue weighted by Gasteiger charge is -2.18. The van der Waals surface area contributed by atoms with Crippen LogP contribution in [0.2, 0.25) is 0 Å². The topological polar surface area (TPSA) is 24.1 Å². The maximum Gasteiger partial charge on any atom is 0.0192 e. The Morgan fingerprint density at radius 2 is 2.17 bits per heavy atom. The van der Waals surface area contributed by atoms with E-state index in [2.05, 4.69) is 24.5 Å². The average Bonchev–Trinajstić information content (AvgIpc) is 2.28. The maximum atomic E-state index is 3.57. The van der Waals surface area contributed by atoms with Gasteiger partial charge in [-0.3, -0.25) is 0 Å². The number of hydrogen-bond acceptors (Lipinski definition) is 2. The van der Waals surface area contributed by atoms with Crippen molar-refractivity contribution in [3.05, 3.63) is 0 Å². The first-order valence-corrected chi connectivity index (χ1v) is 5.26. The van der Waals surface area contributed by atoms with Crippen LogP contribution in [0.5, 0.6) is 0 Å². The van der Waals surface area contributed by atoms with Gasteiger partial charge in [-0.2, -0.15) is 0 Å². The summed E-state index contributed by atoms with van der Waals surface area (Å²) in [6.07, 6.45) is 5.51. The van der Waals surface area contributed by atoms with Gasteiger partial charge in [-0.1, -0.05) is 26.7 Å². The molecule has 1 rings (SSSR count). The molecule has 1 unspecified atom stereocenters. The van der Waals surface area contributed by atoms with E-state index in [0.717, 1.165) is 12.6 Å². The van der Waals surface area contributed by atoms with Crippen LogP contribution in [-0.4, -0.2) is 25.2 Å². The Balaban J connectivity index is 2.12. The summed E-state index contributed by atoms with van der Waals surface area (Å²) in [7, 11) is 0. The van der Waals surface area contributed by atoms with Crippen molar-refractivity contribution in [2.75, 3.05) is 13.1 Å². The second kappa shape index (κ2) is 5.55. The number of nitrogens with one attached hydrogen (secondary N) is 2. The predicted molar refractivity (Wildman–Crippen MR) is 53.4 cm³/mol. The van der Waals surface area contributed by atoms with E-state index in [4.69, 9.17) is 0 Å². The molecule has 0 aromatic carbocycles. The first kappa shape index (κ1) is 10.0. The lowest BCUT2D eigenvalue weighted by molar-refractivity contribution is 0.448. The summed E-state index contributed by atoms with van der Waals surface area (Å²) in [6.45, 7) is 6.76. The Morgan fingerprint density at radius 3 is 2.92 bits per heavy atom. The zero-order valence-electron chi connectivity index (χ0n) is 8.40. The van der Waals surface area contributed by atoms with E-state index in [1.165, 1.54) is 32.2 Å². The highest BCUT2D eigenvalue weighted by Gasteiger charge is 2.10. The maximum absolute atomic E-state index is 3.57. The van der Waals surface area contributed by atoms with Crippen molar-refractivity contribution in [3.63, 3.8) is 0 Å². The summed E-state index contributed by atoms with van der Waals surface area (Å²) in [5.41, 5.74) is 0. The van der Waals surface area contributed by atoms with Gasteiger partial charge in [0, 0.05) is 18.6 Å². The van der Waals surface area contributed by atoms with Crippen molar-refractivity contribution in [1.82, 2.24) is 10.6 Å². The second-order valence-electron chi connectivity index (χ2n) is 4.06. The molecule has 0 saturated carbocycles. The minimum absolute atomic E-state index is 0.620. The molecule has 2 N–H and O–H groups in total. The Bertz CT molecular complexity index is 104. The van der Waals surface area contributed by atoms with Gasteiger partial charge in [0.25, 0.3) is 0 Å². The first-order valence-electron chi connectivity index (χ1n) is 5.26. The van der Waals surface area contributed by atoms with Gasteiger partial charge in [0.15, 0.2) is 0 Å². The van der Waals surface area contributed by atoms with Crippen LogP contribution in [0.25, 0.3) is 0 Å². The summed E-state index contributed by atoms with van der Waals surface area (Å²) in [4.78, 5) is 0. The Hall–Kier alpha value is -0.0800. The van der Waals surface area contributed by atoms with Gasteiger partial charge >= 0.3 is 0 Å². The third kappa shape index (κ3) is 4.07. The van der Waals surface area contributed by atoms with E-state index >= 15 is 0 Å². The summed E-state index contributed by atoms with van der Waals surface area (Å²) in [5.74, 6) is 0. The molecule has 0 aromatic rings. The van der Waals surface area contributed by atoms with Crippen LogP contribution in [-0.2, 0) is 0 Å². The smallest absolute Gasteiger partial charge is 0.0192 e. The van der Waals surface area contributed by atoms with Crippen molar-refractivity contribution < 1.29 is 0 Å². The molecule has 1 fully saturated rings. The molecule has 2 heteroatoms. The average molecular weight is 170 g/mol. The fourth-order valence-electron chi connectivity index (χ4n) is 1.65. The summed E-state index contributed by atoms with van der Waals surface area (Å²) in [6, 6.07) is 1.34. The molecule has 1 heterocycles. The van der Waals surface area contributed by atoms with Crippen molar-refractivity contribution in [1.29, 1.82) is 0 Å². The van der Waals surface area contributed by atoms with Crippen LogP contribution in [0.1, 0.15) is 39.5 Å². The van der Waals surface area contributed by atoms with Gasteiger partial charge < -0.3 is 10.6 Å². The fourth-order valence-corrected chi connectivity index (χ4v) is 1.65. The number of hydrogen-bond donors (Lipinski definition) is 2. The van der Waals surface area contributed by atoms with Crippen molar-refractivity contribution in [2.45, 2.75) is 51.6 Å². The highest BCUT2D eigenvalue weighted by atomic mass is 15.0. The standard InChI is InChI=1S/C10H22N2/c1-9(2)12-8-10-6-4-3-5-7-11-10/h9-12H,3-8H2,1-2H3. The van der Waals surface area contributed by atoms with Gasteiger partial charge in [0.1, 0.15) is 0 Å². The highest BCUT2D eigenvalue weighted by molar-refractivity contribution is 4.73. The van der Waals surface area contributed by atoms with Crippen LogP contribution in [0.4, 0.5) is 0 Å². The van der Waals surface area contributed by atoms with E-state index in [-0.39, 0.29) is 0 Å². The van der Waals surface area contributed by atoms with Crippen molar-refractivity contribution in [2.24, 2.45) is 0 Å². The summed E-state index contributed by atoms with van der Waals surface area (Å²) >= 11 is 0. The third-order valence-corrected chi connectivity index (χ3v) is 2.43. The number of rotatable bonds is 3. The molecule has 1 aliphatic rings. The second-order valence-corrected chi connectivity index (χ2v) is 4.06. The molecule has 0 amide bonds. The zero-order valence-corrected chi connectivity index (χ0v) is 8.40. The molecule has 1 saturated heterocycles. The van der Waals surface area contributed by atoms with E-state index in [0.29, 0.717) is 6.04 Å². The molecule has 0 radical (unpaired) electrons. The normalized spacial score (nSPS) is 25.8. The van der Waals surface area contributed by atoms with Crippen LogP contribution >= 0.6 is 0 Å². The van der Waals surface area contributed by atoms with E-state index in [1.807, 2.05) is 0 Å². The summed E-state index contributed by atoms with van der Waals surface area (Å²) in [5, 5.41) is 7.05. The largest absolute Gasteiger partial charge is 0.313 e. The molecule has 12 heavy (non-hydrogen) atoms. The van der Waals surface area contributed by atoms with E-state index in [1.54, 1.807) is 0 Å². The van der Waals surface area contributed by atoms with Gasteiger partial charge in [-0.05, 0) is 19.4 Å². The first-order chi connectivity index (χ1) is 5.79. The van der Waals surface area contributed by atoms with Crippen LogP contribution in [0.15, 0.2) is 0 Å². The lowest BCUT2D eigenvalue weighted by atomic mass is 10.1. The predicted octanol–water partition coefficient (Wildman–Crippen LogP) is 1.52. The zero-order chi connectivity index (χ0) is 8.81. The minimum atomic E-state index is 0.620. The van der Waals surface area contributed by atoms with E-state index in [9.17, 15) is 0 Å². The molecule has 1 atom stereocenters. The molecule has 0 aromatic heterocycles. The highest BCUT2D eigenvalue weighted by Crippen LogP contribution is 2.07. The molecule has 0 aliphatic carbocycles. The minimum Gasteiger partial charge on any atom is -0.313 e. The third-order valence-electron chi connectivity index (χ3n) is 2.43. The Kier molecular flexibility index (Phi) is 4.62. The Morgan fingerprint density at radius 1 is 1.33 bits per heavy atom. The fraction of sp³-hybridized carbons (Fsp3) is 1.00. The molecular weight excluding hydrogens is 148 g/mol. The molecule has 1 aliphatic heterocycles. The molecule has 72 valence electrons. The molecule has 2 nitrogen and oxygen atoms in total. The van der Waals surface area contributed by atoms with Crippen molar-refractivity contribution >= 4 is 0 Å². The monoisotopic (exact) mass is 170 g/mol. The SMILES string of the molecule is CC(C)NCC1CCCCCN1. The van der Waals surface area contributed by atoms with Crippen LogP contribution in [0.3, 0.4) is 0 Å². The molecule has 0 spiro atoms. The van der Waals surface area contributed by atoms with E-state index < -0.39 is 0 Å². The van der Waals surface area contributed by atoms with Crippen molar-refractivity contribution in [3.8, 4) is 0 Å². The Labute approximate surface area is 76.1 Å². The quantitative estimate of drug-likeness (QED) is 0.671. The van der Waals surface area contributed by atoms with Gasteiger partial charge in [-0.25, -0.2) is 0 Å².